The molecule has 130 valence electrons. The van der Waals surface area contributed by atoms with Crippen LogP contribution < -0.4 is 5.43 Å². The second-order valence-corrected chi connectivity index (χ2v) is 5.94. The van der Waals surface area contributed by atoms with Gasteiger partial charge in [-0.2, -0.15) is 13.5 Å². The first-order valence-electron chi connectivity index (χ1n) is 6.45. The highest BCUT2D eigenvalue weighted by molar-refractivity contribution is 7.86. The van der Waals surface area contributed by atoms with Gasteiger partial charge < -0.3 is 0 Å². The smallest absolute Gasteiger partial charge is 0.272 e. The maximum Gasteiger partial charge on any atom is 0.332 e. The van der Waals surface area contributed by atoms with Crippen LogP contribution in [0, 0.1) is 20.2 Å². The van der Waals surface area contributed by atoms with Crippen LogP contribution in [0.3, 0.4) is 0 Å². The monoisotopic (exact) mass is 368 g/mol. The van der Waals surface area contributed by atoms with Crippen molar-refractivity contribution in [3.8, 4) is 0 Å². The average Bonchev–Trinajstić information content (AvgIpc) is 2.54. The number of hydrazone groups is 1. The summed E-state index contributed by atoms with van der Waals surface area (Å²) in [4.78, 5) is 19.5. The summed E-state index contributed by atoms with van der Waals surface area (Å²) < 4.78 is 34.1. The lowest BCUT2D eigenvalue weighted by Crippen LogP contribution is -1.99. The molecule has 0 bridgehead atoms. The van der Waals surface area contributed by atoms with Crippen LogP contribution >= 0.6 is 0 Å². The predicted molar refractivity (Wildman–Crippen MR) is 85.7 cm³/mol. The fourth-order valence-corrected chi connectivity index (χ4v) is 2.23. The number of rotatable bonds is 6. The van der Waals surface area contributed by atoms with Gasteiger partial charge in [-0.05, 0) is 23.8 Å². The number of nitro benzene ring substituents is 2. The van der Waals surface area contributed by atoms with Crippen molar-refractivity contribution in [3.63, 3.8) is 0 Å². The van der Waals surface area contributed by atoms with E-state index in [2.05, 4.69) is 10.5 Å². The quantitative estimate of drug-likeness (QED) is 0.357. The van der Waals surface area contributed by atoms with Crippen molar-refractivity contribution < 1.29 is 22.2 Å². The van der Waals surface area contributed by atoms with Crippen molar-refractivity contribution in [3.05, 3.63) is 68.3 Å². The van der Waals surface area contributed by atoms with Crippen molar-refractivity contribution in [2.45, 2.75) is 4.90 Å². The molecule has 0 unspecified atom stereocenters. The molecular weight excluding hydrogens is 359 g/mol. The van der Waals surface area contributed by atoms with Gasteiger partial charge in [0.15, 0.2) is 0 Å². The van der Waals surface area contributed by atoms with E-state index in [1.807, 2.05) is 0 Å². The van der Waals surface area contributed by atoms with Gasteiger partial charge in [0.2, 0.25) is 0 Å². The minimum atomic E-state index is -4.80. The Kier molecular flexibility index (Phi) is 5.02. The molecule has 0 atom stereocenters. The summed E-state index contributed by atoms with van der Waals surface area (Å²) in [6, 6.07) is 7.62. The lowest BCUT2D eigenvalue weighted by molar-refractivity contribution is -0.393. The molecule has 2 aromatic rings. The molecule has 25 heavy (non-hydrogen) atoms. The molecule has 0 saturated carbocycles. The SMILES string of the molecule is O=[N+]([O-])c1ccc(NN=Cc2ccc(S(=O)(=O)F)cc2)c([N+](=O)[O-])c1. The molecule has 0 spiro atoms. The molecule has 1 N–H and O–H groups in total. The molecule has 0 fully saturated rings. The van der Waals surface area contributed by atoms with Crippen molar-refractivity contribution in [2.75, 3.05) is 5.43 Å². The zero-order valence-corrected chi connectivity index (χ0v) is 13.0. The number of nitro groups is 2. The second-order valence-electron chi connectivity index (χ2n) is 4.59. The molecule has 2 rings (SSSR count). The van der Waals surface area contributed by atoms with E-state index in [0.29, 0.717) is 5.56 Å². The minimum Gasteiger partial charge on any atom is -0.272 e. The van der Waals surface area contributed by atoms with Crippen molar-refractivity contribution in [1.29, 1.82) is 0 Å². The molecular formula is C13H9FN4O6S. The van der Waals surface area contributed by atoms with Gasteiger partial charge in [0.05, 0.1) is 27.0 Å². The first-order valence-corrected chi connectivity index (χ1v) is 7.83. The third-order valence-corrected chi connectivity index (χ3v) is 3.78. The highest BCUT2D eigenvalue weighted by Crippen LogP contribution is 2.28. The Morgan fingerprint density at radius 2 is 1.68 bits per heavy atom. The van der Waals surface area contributed by atoms with Crippen LogP contribution in [0.25, 0.3) is 0 Å². The summed E-state index contributed by atoms with van der Waals surface area (Å²) in [5.74, 6) is 0. The van der Waals surface area contributed by atoms with Gasteiger partial charge in [-0.3, -0.25) is 25.7 Å². The highest BCUT2D eigenvalue weighted by atomic mass is 32.3. The van der Waals surface area contributed by atoms with Crippen molar-refractivity contribution in [1.82, 2.24) is 0 Å². The average molecular weight is 368 g/mol. The van der Waals surface area contributed by atoms with Crippen LogP contribution in [0.15, 0.2) is 52.5 Å². The predicted octanol–water partition coefficient (Wildman–Crippen LogP) is 2.61. The summed E-state index contributed by atoms with van der Waals surface area (Å²) in [5.41, 5.74) is 1.71. The first-order chi connectivity index (χ1) is 11.7. The third kappa shape index (κ3) is 4.54. The largest absolute Gasteiger partial charge is 0.332 e. The minimum absolute atomic E-state index is 0.0743. The second kappa shape index (κ2) is 7.00. The lowest BCUT2D eigenvalue weighted by Gasteiger charge is -2.02. The van der Waals surface area contributed by atoms with E-state index in [4.69, 9.17) is 0 Å². The molecule has 10 nitrogen and oxygen atoms in total. The number of nitrogens with zero attached hydrogens (tertiary/aromatic N) is 3. The van der Waals surface area contributed by atoms with Gasteiger partial charge in [-0.15, -0.1) is 3.89 Å². The van der Waals surface area contributed by atoms with E-state index in [1.54, 1.807) is 0 Å². The molecule has 0 aromatic heterocycles. The molecule has 0 heterocycles. The van der Waals surface area contributed by atoms with Gasteiger partial charge in [0.25, 0.3) is 5.69 Å². The van der Waals surface area contributed by atoms with Crippen LogP contribution in [0.1, 0.15) is 5.56 Å². The Morgan fingerprint density at radius 3 is 2.20 bits per heavy atom. The maximum absolute atomic E-state index is 12.8. The van der Waals surface area contributed by atoms with Crippen LogP contribution in [-0.4, -0.2) is 24.5 Å². The van der Waals surface area contributed by atoms with Crippen LogP contribution in [0.4, 0.5) is 20.9 Å². The molecule has 0 radical (unpaired) electrons. The molecule has 0 aliphatic heterocycles. The standard InChI is InChI=1S/C13H9FN4O6S/c14-25(23,24)11-4-1-9(2-5-11)8-15-16-12-6-3-10(17(19)20)7-13(12)18(21)22/h1-8,16H. The molecule has 12 heteroatoms. The normalized spacial score (nSPS) is 11.4. The molecule has 0 saturated heterocycles. The Hall–Kier alpha value is -3.41. The summed E-state index contributed by atoms with van der Waals surface area (Å²) in [6.07, 6.45) is 1.21. The van der Waals surface area contributed by atoms with Gasteiger partial charge in [-0.25, -0.2) is 0 Å². The zero-order chi connectivity index (χ0) is 18.6. The van der Waals surface area contributed by atoms with Gasteiger partial charge in [0, 0.05) is 6.07 Å². The van der Waals surface area contributed by atoms with Crippen LogP contribution in [-0.2, 0) is 10.2 Å². The first kappa shape index (κ1) is 17.9. The van der Waals surface area contributed by atoms with E-state index >= 15 is 0 Å². The number of non-ortho nitro benzene ring substituents is 1. The zero-order valence-electron chi connectivity index (χ0n) is 12.2. The molecule has 0 amide bonds. The maximum atomic E-state index is 12.8. The van der Waals surface area contributed by atoms with E-state index in [9.17, 15) is 32.5 Å². The summed E-state index contributed by atoms with van der Waals surface area (Å²) in [5, 5.41) is 25.3. The lowest BCUT2D eigenvalue weighted by atomic mass is 10.2. The number of anilines is 1. The van der Waals surface area contributed by atoms with Gasteiger partial charge in [0.1, 0.15) is 5.69 Å². The van der Waals surface area contributed by atoms with E-state index in [-0.39, 0.29) is 5.69 Å². The molecule has 0 aliphatic carbocycles. The summed E-state index contributed by atoms with van der Waals surface area (Å²) >= 11 is 0. The van der Waals surface area contributed by atoms with E-state index < -0.39 is 36.3 Å². The Labute approximate surface area is 140 Å². The van der Waals surface area contributed by atoms with Crippen LogP contribution in [0.2, 0.25) is 0 Å². The van der Waals surface area contributed by atoms with Gasteiger partial charge in [-0.1, -0.05) is 12.1 Å². The fourth-order valence-electron chi connectivity index (χ4n) is 1.77. The number of nitrogens with one attached hydrogen (secondary N) is 1. The number of halogens is 1. The summed E-state index contributed by atoms with van der Waals surface area (Å²) in [6.45, 7) is 0. The number of hydrogen-bond donors (Lipinski definition) is 1. The molecule has 2 aromatic carbocycles. The fraction of sp³-hybridized carbons (Fsp3) is 0. The number of benzene rings is 2. The van der Waals surface area contributed by atoms with Crippen molar-refractivity contribution in [2.24, 2.45) is 5.10 Å². The van der Waals surface area contributed by atoms with E-state index in [1.165, 1.54) is 18.3 Å². The van der Waals surface area contributed by atoms with Gasteiger partial charge >= 0.3 is 15.9 Å². The Balaban J connectivity index is 2.19. The van der Waals surface area contributed by atoms with Crippen molar-refractivity contribution >= 4 is 33.5 Å². The topological polar surface area (TPSA) is 145 Å². The highest BCUT2D eigenvalue weighted by Gasteiger charge is 2.19. The Bertz CT molecular complexity index is 959. The third-order valence-electron chi connectivity index (χ3n) is 2.95. The summed E-state index contributed by atoms with van der Waals surface area (Å²) in [7, 11) is -4.80. The van der Waals surface area contributed by atoms with Crippen LogP contribution in [0.5, 0.6) is 0 Å². The van der Waals surface area contributed by atoms with E-state index in [0.717, 1.165) is 30.3 Å². The molecule has 0 aliphatic rings. The Morgan fingerprint density at radius 1 is 1.04 bits per heavy atom. The number of hydrogen-bond acceptors (Lipinski definition) is 8.